The summed E-state index contributed by atoms with van der Waals surface area (Å²) < 4.78 is 5.59. The van der Waals surface area contributed by atoms with Gasteiger partial charge < -0.3 is 14.9 Å². The number of thioether (sulfide) groups is 1. The molecule has 0 unspecified atom stereocenters. The van der Waals surface area contributed by atoms with Gasteiger partial charge in [-0.15, -0.1) is 11.8 Å². The molecule has 0 saturated heterocycles. The van der Waals surface area contributed by atoms with Gasteiger partial charge in [0.1, 0.15) is 17.2 Å². The van der Waals surface area contributed by atoms with E-state index in [1.54, 1.807) is 48.2 Å². The van der Waals surface area contributed by atoms with Gasteiger partial charge in [-0.1, -0.05) is 20.8 Å². The predicted molar refractivity (Wildman–Crippen MR) is 97.6 cm³/mol. The zero-order chi connectivity index (χ0) is 17.5. The van der Waals surface area contributed by atoms with Gasteiger partial charge in [0.25, 0.3) is 0 Å². The van der Waals surface area contributed by atoms with Gasteiger partial charge in [0.05, 0.1) is 6.10 Å². The van der Waals surface area contributed by atoms with Crippen LogP contribution in [0.2, 0.25) is 0 Å². The van der Waals surface area contributed by atoms with Crippen LogP contribution in [0.3, 0.4) is 0 Å². The van der Waals surface area contributed by atoms with Crippen molar-refractivity contribution in [1.82, 2.24) is 0 Å². The molecule has 0 fully saturated rings. The van der Waals surface area contributed by atoms with Crippen LogP contribution in [0, 0.1) is 0 Å². The Hall–Kier alpha value is -1.81. The largest absolute Gasteiger partial charge is 0.508 e. The van der Waals surface area contributed by atoms with Crippen molar-refractivity contribution in [2.24, 2.45) is 0 Å². The molecule has 0 aliphatic heterocycles. The van der Waals surface area contributed by atoms with Crippen LogP contribution in [-0.4, -0.2) is 21.1 Å². The van der Waals surface area contributed by atoms with E-state index in [0.29, 0.717) is 5.75 Å². The first-order chi connectivity index (χ1) is 10.7. The Balaban J connectivity index is 0.000000231. The van der Waals surface area contributed by atoms with Crippen LogP contribution >= 0.6 is 11.8 Å². The molecule has 0 aromatic heterocycles. The second-order valence-electron chi connectivity index (χ2n) is 6.37. The minimum atomic E-state index is 0.180. The van der Waals surface area contributed by atoms with E-state index in [0.717, 1.165) is 5.75 Å². The minimum Gasteiger partial charge on any atom is -0.508 e. The fourth-order valence-electron chi connectivity index (χ4n) is 1.66. The Morgan fingerprint density at radius 2 is 1.26 bits per heavy atom. The van der Waals surface area contributed by atoms with Gasteiger partial charge in [-0.05, 0) is 62.4 Å². The van der Waals surface area contributed by atoms with Gasteiger partial charge in [-0.2, -0.15) is 0 Å². The van der Waals surface area contributed by atoms with Gasteiger partial charge in [0.2, 0.25) is 0 Å². The molecule has 0 amide bonds. The topological polar surface area (TPSA) is 49.7 Å². The zero-order valence-corrected chi connectivity index (χ0v) is 15.2. The van der Waals surface area contributed by atoms with Gasteiger partial charge in [0.15, 0.2) is 0 Å². The molecule has 2 aromatic rings. The van der Waals surface area contributed by atoms with Crippen molar-refractivity contribution < 1.29 is 14.9 Å². The maximum Gasteiger partial charge on any atom is 0.119 e. The first kappa shape index (κ1) is 19.2. The quantitative estimate of drug-likeness (QED) is 0.732. The molecular formula is C19H26O3S. The Labute approximate surface area is 143 Å². The SMILES string of the molecule is CC(C)(C)Sc1ccc(O)cc1.CC(C)Oc1ccc(O)cc1. The van der Waals surface area contributed by atoms with Crippen molar-refractivity contribution in [1.29, 1.82) is 0 Å². The van der Waals surface area contributed by atoms with E-state index in [9.17, 15) is 0 Å². The number of rotatable bonds is 3. The summed E-state index contributed by atoms with van der Waals surface area (Å²) >= 11 is 1.80. The summed E-state index contributed by atoms with van der Waals surface area (Å²) in [6, 6.07) is 14.0. The fourth-order valence-corrected chi connectivity index (χ4v) is 2.64. The van der Waals surface area contributed by atoms with Crippen molar-refractivity contribution in [3.05, 3.63) is 48.5 Å². The summed E-state index contributed by atoms with van der Waals surface area (Å²) in [5.74, 6) is 1.38. The lowest BCUT2D eigenvalue weighted by Crippen LogP contribution is -2.06. The third kappa shape index (κ3) is 9.04. The van der Waals surface area contributed by atoms with E-state index in [-0.39, 0.29) is 16.6 Å². The Morgan fingerprint density at radius 3 is 1.65 bits per heavy atom. The average Bonchev–Trinajstić information content (AvgIpc) is 2.43. The van der Waals surface area contributed by atoms with Crippen LogP contribution in [0.1, 0.15) is 34.6 Å². The van der Waals surface area contributed by atoms with Crippen molar-refractivity contribution in [3.63, 3.8) is 0 Å². The summed E-state index contributed by atoms with van der Waals surface area (Å²) in [5.41, 5.74) is 0. The highest BCUT2D eigenvalue weighted by molar-refractivity contribution is 8.00. The van der Waals surface area contributed by atoms with Gasteiger partial charge in [-0.3, -0.25) is 0 Å². The second kappa shape index (κ2) is 8.73. The molecule has 0 atom stereocenters. The molecule has 2 aromatic carbocycles. The van der Waals surface area contributed by atoms with Gasteiger partial charge in [-0.25, -0.2) is 0 Å². The summed E-state index contributed by atoms with van der Waals surface area (Å²) in [7, 11) is 0. The summed E-state index contributed by atoms with van der Waals surface area (Å²) in [6.07, 6.45) is 0.180. The lowest BCUT2D eigenvalue weighted by Gasteiger charge is -2.17. The van der Waals surface area contributed by atoms with Crippen LogP contribution in [0.5, 0.6) is 17.2 Å². The molecule has 0 saturated carbocycles. The monoisotopic (exact) mass is 334 g/mol. The van der Waals surface area contributed by atoms with Crippen molar-refractivity contribution in [2.75, 3.05) is 0 Å². The smallest absolute Gasteiger partial charge is 0.119 e. The first-order valence-electron chi connectivity index (χ1n) is 7.59. The third-order valence-electron chi connectivity index (χ3n) is 2.47. The van der Waals surface area contributed by atoms with E-state index in [1.807, 2.05) is 26.0 Å². The van der Waals surface area contributed by atoms with Crippen molar-refractivity contribution in [2.45, 2.75) is 50.4 Å². The summed E-state index contributed by atoms with van der Waals surface area (Å²) in [6.45, 7) is 10.4. The fraction of sp³-hybridized carbons (Fsp3) is 0.368. The molecule has 0 aliphatic carbocycles. The standard InChI is InChI=1S/C10H14OS.C9H12O2/c1-10(2,3)12-9-6-4-8(11)5-7-9;1-7(2)11-9-5-3-8(10)4-6-9/h4-7,11H,1-3H3;3-7,10H,1-2H3. The number of phenolic OH excluding ortho intramolecular Hbond substituents is 2. The molecule has 0 heterocycles. The molecule has 2 N–H and O–H groups in total. The third-order valence-corrected chi connectivity index (χ3v) is 3.59. The van der Waals surface area contributed by atoms with Crippen LogP contribution in [0.25, 0.3) is 0 Å². The lowest BCUT2D eigenvalue weighted by atomic mass is 10.3. The number of phenols is 2. The van der Waals surface area contributed by atoms with Crippen LogP contribution in [0.4, 0.5) is 0 Å². The molecule has 23 heavy (non-hydrogen) atoms. The Morgan fingerprint density at radius 1 is 0.826 bits per heavy atom. The highest BCUT2D eigenvalue weighted by Crippen LogP contribution is 2.32. The predicted octanol–water partition coefficient (Wildman–Crippen LogP) is 5.46. The van der Waals surface area contributed by atoms with E-state index in [1.165, 1.54) is 4.90 Å². The molecule has 3 nitrogen and oxygen atoms in total. The van der Waals surface area contributed by atoms with E-state index < -0.39 is 0 Å². The lowest BCUT2D eigenvalue weighted by molar-refractivity contribution is 0.242. The Kier molecular flexibility index (Phi) is 7.30. The molecule has 0 spiro atoms. The zero-order valence-electron chi connectivity index (χ0n) is 14.4. The molecule has 0 bridgehead atoms. The number of hydrogen-bond donors (Lipinski definition) is 2. The van der Waals surface area contributed by atoms with Crippen LogP contribution in [-0.2, 0) is 0 Å². The molecule has 126 valence electrons. The van der Waals surface area contributed by atoms with Crippen molar-refractivity contribution >= 4 is 11.8 Å². The maximum absolute atomic E-state index is 9.05. The van der Waals surface area contributed by atoms with Crippen LogP contribution in [0.15, 0.2) is 53.4 Å². The van der Waals surface area contributed by atoms with E-state index >= 15 is 0 Å². The Bertz CT molecular complexity index is 569. The normalized spacial score (nSPS) is 10.9. The number of benzene rings is 2. The molecule has 4 heteroatoms. The molecule has 2 rings (SSSR count). The summed E-state index contributed by atoms with van der Waals surface area (Å²) in [5, 5.41) is 18.0. The number of ether oxygens (including phenoxy) is 1. The van der Waals surface area contributed by atoms with Crippen LogP contribution < -0.4 is 4.74 Å². The van der Waals surface area contributed by atoms with E-state index in [2.05, 4.69) is 20.8 Å². The minimum absolute atomic E-state index is 0.180. The number of aromatic hydroxyl groups is 2. The first-order valence-corrected chi connectivity index (χ1v) is 8.41. The maximum atomic E-state index is 9.05. The van der Waals surface area contributed by atoms with E-state index in [4.69, 9.17) is 14.9 Å². The van der Waals surface area contributed by atoms with Crippen molar-refractivity contribution in [3.8, 4) is 17.2 Å². The molecule has 0 aliphatic rings. The second-order valence-corrected chi connectivity index (χ2v) is 8.27. The average molecular weight is 334 g/mol. The van der Waals surface area contributed by atoms with Gasteiger partial charge in [0, 0.05) is 9.64 Å². The highest BCUT2D eigenvalue weighted by atomic mass is 32.2. The number of hydrogen-bond acceptors (Lipinski definition) is 4. The molecular weight excluding hydrogens is 308 g/mol. The molecule has 0 radical (unpaired) electrons. The highest BCUT2D eigenvalue weighted by Gasteiger charge is 2.11. The van der Waals surface area contributed by atoms with Gasteiger partial charge >= 0.3 is 0 Å². The summed E-state index contributed by atoms with van der Waals surface area (Å²) in [4.78, 5) is 1.19.